The van der Waals surface area contributed by atoms with Gasteiger partial charge in [0.2, 0.25) is 0 Å². The van der Waals surface area contributed by atoms with Gasteiger partial charge in [-0.15, -0.1) is 0 Å². The number of benzene rings is 2. The highest BCUT2D eigenvalue weighted by Gasteiger charge is 2.66. The highest BCUT2D eigenvalue weighted by Crippen LogP contribution is 2.43. The molecule has 1 saturated heterocycles. The lowest BCUT2D eigenvalue weighted by molar-refractivity contribution is -0.292. The fraction of sp³-hybridized carbons (Fsp3) is 0.391. The van der Waals surface area contributed by atoms with Crippen LogP contribution in [0.1, 0.15) is 31.0 Å². The third kappa shape index (κ3) is 5.22. The smallest absolute Gasteiger partial charge is 0.437 e. The summed E-state index contributed by atoms with van der Waals surface area (Å²) in [4.78, 5) is 14.7. The minimum atomic E-state index is -5.18. The van der Waals surface area contributed by atoms with E-state index in [1.165, 1.54) is 6.92 Å². The van der Waals surface area contributed by atoms with E-state index in [-0.39, 0.29) is 6.61 Å². The Bertz CT molecular complexity index is 972. The molecule has 3 N–H and O–H groups in total. The summed E-state index contributed by atoms with van der Waals surface area (Å²) in [6, 6.07) is 15.4. The third-order valence-electron chi connectivity index (χ3n) is 5.56. The predicted molar refractivity (Wildman–Crippen MR) is 122 cm³/mol. The van der Waals surface area contributed by atoms with Gasteiger partial charge >= 0.3 is 12.1 Å². The van der Waals surface area contributed by atoms with Crippen LogP contribution in [0.5, 0.6) is 0 Å². The minimum Gasteiger partial charge on any atom is -0.466 e. The van der Waals surface area contributed by atoms with E-state index < -0.39 is 34.9 Å². The fourth-order valence-electron chi connectivity index (χ4n) is 3.90. The molecular weight excluding hydrogens is 455 g/mol. The van der Waals surface area contributed by atoms with Crippen LogP contribution >= 0.6 is 12.2 Å². The largest absolute Gasteiger partial charge is 0.466 e. The number of aliphatic hydroxyl groups is 1. The Kier molecular flexibility index (Phi) is 7.48. The molecule has 0 aliphatic carbocycles. The molecule has 33 heavy (non-hydrogen) atoms. The first-order chi connectivity index (χ1) is 15.6. The van der Waals surface area contributed by atoms with Crippen LogP contribution in [-0.2, 0) is 16.1 Å². The first-order valence-corrected chi connectivity index (χ1v) is 10.9. The molecule has 0 saturated carbocycles. The average Bonchev–Trinajstić information content (AvgIpc) is 2.77. The summed E-state index contributed by atoms with van der Waals surface area (Å²) in [6.45, 7) is 4.72. The van der Waals surface area contributed by atoms with Crippen molar-refractivity contribution in [1.82, 2.24) is 10.6 Å². The van der Waals surface area contributed by atoms with Crippen LogP contribution in [0.25, 0.3) is 0 Å². The van der Waals surface area contributed by atoms with Gasteiger partial charge in [-0.3, -0.25) is 4.79 Å². The van der Waals surface area contributed by atoms with Crippen molar-refractivity contribution in [1.29, 1.82) is 0 Å². The number of carbonyl (C=O) groups is 1. The van der Waals surface area contributed by atoms with Crippen LogP contribution in [-0.4, -0.2) is 41.2 Å². The molecule has 6 nitrogen and oxygen atoms in total. The number of rotatable bonds is 7. The van der Waals surface area contributed by atoms with E-state index in [4.69, 9.17) is 17.0 Å². The van der Waals surface area contributed by atoms with Crippen LogP contribution in [0, 0.1) is 5.92 Å². The molecule has 3 rings (SSSR count). The number of nitrogens with one attached hydrogen (secondary N) is 2. The van der Waals surface area contributed by atoms with Gasteiger partial charge in [-0.2, -0.15) is 13.2 Å². The summed E-state index contributed by atoms with van der Waals surface area (Å²) in [6.07, 6.45) is -5.18. The van der Waals surface area contributed by atoms with Crippen molar-refractivity contribution in [2.45, 2.75) is 38.3 Å². The topological polar surface area (TPSA) is 73.8 Å². The van der Waals surface area contributed by atoms with Crippen molar-refractivity contribution in [3.63, 3.8) is 0 Å². The number of carbonyl (C=O) groups excluding carboxylic acids is 1. The van der Waals surface area contributed by atoms with Crippen LogP contribution in [0.2, 0.25) is 0 Å². The zero-order chi connectivity index (χ0) is 24.2. The number of halogens is 3. The molecule has 10 heteroatoms. The molecule has 0 spiro atoms. The number of hydrogen-bond acceptors (Lipinski definition) is 5. The van der Waals surface area contributed by atoms with Gasteiger partial charge < -0.3 is 25.4 Å². The Morgan fingerprint density at radius 1 is 1.15 bits per heavy atom. The zero-order valence-corrected chi connectivity index (χ0v) is 19.0. The lowest BCUT2D eigenvalue weighted by Crippen LogP contribution is -2.73. The first kappa shape index (κ1) is 24.8. The number of thiocarbonyl (C=S) groups is 1. The monoisotopic (exact) mass is 481 g/mol. The Morgan fingerprint density at radius 3 is 2.33 bits per heavy atom. The Labute approximate surface area is 195 Å². The Balaban J connectivity index is 1.93. The molecule has 178 valence electrons. The van der Waals surface area contributed by atoms with Crippen molar-refractivity contribution in [2.24, 2.45) is 5.92 Å². The van der Waals surface area contributed by atoms with Crippen molar-refractivity contribution < 1.29 is 27.8 Å². The van der Waals surface area contributed by atoms with Crippen molar-refractivity contribution in [3.05, 3.63) is 65.7 Å². The quantitative estimate of drug-likeness (QED) is 0.412. The van der Waals surface area contributed by atoms with E-state index >= 15 is 0 Å². The van der Waals surface area contributed by atoms with Crippen molar-refractivity contribution in [2.75, 3.05) is 18.1 Å². The molecule has 0 radical (unpaired) electrons. The van der Waals surface area contributed by atoms with Gasteiger partial charge in [-0.1, -0.05) is 42.5 Å². The molecule has 0 amide bonds. The van der Waals surface area contributed by atoms with E-state index in [1.807, 2.05) is 42.6 Å². The lowest BCUT2D eigenvalue weighted by Gasteiger charge is -2.45. The molecule has 2 aromatic rings. The van der Waals surface area contributed by atoms with E-state index in [1.54, 1.807) is 24.3 Å². The van der Waals surface area contributed by atoms with E-state index in [0.717, 1.165) is 11.3 Å². The number of ether oxygens (including phenoxy) is 1. The fourth-order valence-corrected chi connectivity index (χ4v) is 4.18. The second-order valence-electron chi connectivity index (χ2n) is 7.66. The normalized spacial score (nSPS) is 22.8. The maximum absolute atomic E-state index is 13.8. The lowest BCUT2D eigenvalue weighted by atomic mass is 9.82. The van der Waals surface area contributed by atoms with Gasteiger partial charge in [0.15, 0.2) is 5.11 Å². The summed E-state index contributed by atoms with van der Waals surface area (Å²) in [5, 5.41) is 14.7. The van der Waals surface area contributed by atoms with Gasteiger partial charge in [-0.25, -0.2) is 0 Å². The number of anilines is 1. The summed E-state index contributed by atoms with van der Waals surface area (Å²) in [7, 11) is 0. The molecule has 1 heterocycles. The van der Waals surface area contributed by atoms with Gasteiger partial charge in [-0.05, 0) is 49.3 Å². The molecule has 0 aromatic heterocycles. The molecule has 1 fully saturated rings. The number of esters is 1. The maximum atomic E-state index is 13.8. The molecule has 0 bridgehead atoms. The summed E-state index contributed by atoms with van der Waals surface area (Å²) in [5.74, 6) is -3.20. The van der Waals surface area contributed by atoms with Crippen LogP contribution < -0.4 is 15.5 Å². The first-order valence-electron chi connectivity index (χ1n) is 10.5. The van der Waals surface area contributed by atoms with Gasteiger partial charge in [0.1, 0.15) is 5.92 Å². The molecule has 0 unspecified atom stereocenters. The van der Waals surface area contributed by atoms with Crippen molar-refractivity contribution >= 4 is 29.0 Å². The molecule has 1 aliphatic rings. The summed E-state index contributed by atoms with van der Waals surface area (Å²) in [5.41, 5.74) is -1.24. The average molecular weight is 482 g/mol. The van der Waals surface area contributed by atoms with E-state index in [2.05, 4.69) is 10.2 Å². The standard InChI is InChI=1S/C23H26F3N3O3S/c1-3-29(14-15-8-6-5-7-9-15)17-12-10-16(11-13-17)19-18(20(30)32-4-2)22(31,23(24,25)26)28-21(33)27-19/h5-13,18-19,31H,3-4,14H2,1-2H3,(H2,27,28,33)/t18-,19-,22+/m0/s1. The molecule has 1 aliphatic heterocycles. The van der Waals surface area contributed by atoms with Crippen LogP contribution in [0.3, 0.4) is 0 Å². The molecular formula is C23H26F3N3O3S. The number of alkyl halides is 3. The SMILES string of the molecule is CCOC(=O)[C@@H]1[C@H](c2ccc(N(CC)Cc3ccccc3)cc2)NC(=S)N[C@]1(O)C(F)(F)F. The Hall–Kier alpha value is -2.85. The number of hydrogen-bond donors (Lipinski definition) is 3. The summed E-state index contributed by atoms with van der Waals surface area (Å²) < 4.78 is 46.4. The minimum absolute atomic E-state index is 0.135. The highest BCUT2D eigenvalue weighted by molar-refractivity contribution is 7.80. The van der Waals surface area contributed by atoms with Gasteiger partial charge in [0, 0.05) is 18.8 Å². The Morgan fingerprint density at radius 2 is 1.79 bits per heavy atom. The summed E-state index contributed by atoms with van der Waals surface area (Å²) >= 11 is 4.92. The molecule has 3 atom stereocenters. The number of nitrogens with zero attached hydrogens (tertiary/aromatic N) is 1. The zero-order valence-electron chi connectivity index (χ0n) is 18.2. The van der Waals surface area contributed by atoms with Crippen molar-refractivity contribution in [3.8, 4) is 0 Å². The predicted octanol–water partition coefficient (Wildman–Crippen LogP) is 3.66. The van der Waals surface area contributed by atoms with Crippen LogP contribution in [0.4, 0.5) is 18.9 Å². The second kappa shape index (κ2) is 9.96. The maximum Gasteiger partial charge on any atom is 0.437 e. The van der Waals surface area contributed by atoms with Crippen LogP contribution in [0.15, 0.2) is 54.6 Å². The van der Waals surface area contributed by atoms with Gasteiger partial charge in [0.25, 0.3) is 5.72 Å². The second-order valence-corrected chi connectivity index (χ2v) is 8.07. The third-order valence-corrected chi connectivity index (χ3v) is 5.78. The highest BCUT2D eigenvalue weighted by atomic mass is 32.1. The van der Waals surface area contributed by atoms with E-state index in [9.17, 15) is 23.1 Å². The van der Waals surface area contributed by atoms with Gasteiger partial charge in [0.05, 0.1) is 12.6 Å². The molecule has 2 aromatic carbocycles. The van der Waals surface area contributed by atoms with E-state index in [0.29, 0.717) is 18.7 Å².